The minimum Gasteiger partial charge on any atom is -0.375 e. The first-order valence-corrected chi connectivity index (χ1v) is 4.20. The molecular formula is C8H7N7. The summed E-state index contributed by atoms with van der Waals surface area (Å²) >= 11 is 0. The molecule has 0 aliphatic rings. The largest absolute Gasteiger partial charge is 0.375 e. The number of anilines is 1. The molecule has 2 aromatic heterocycles. The van der Waals surface area contributed by atoms with Crippen LogP contribution < -0.4 is 5.32 Å². The molecule has 0 unspecified atom stereocenters. The number of pyridine rings is 1. The summed E-state index contributed by atoms with van der Waals surface area (Å²) in [5.41, 5.74) is 1.19. The summed E-state index contributed by atoms with van der Waals surface area (Å²) in [6, 6.07) is 3.70. The highest BCUT2D eigenvalue weighted by molar-refractivity contribution is 5.55. The number of H-pyrrole nitrogens is 1. The van der Waals surface area contributed by atoms with Crippen LogP contribution in [0.3, 0.4) is 0 Å². The van der Waals surface area contributed by atoms with Crippen molar-refractivity contribution < 1.29 is 0 Å². The van der Waals surface area contributed by atoms with Gasteiger partial charge in [0.2, 0.25) is 0 Å². The van der Waals surface area contributed by atoms with Gasteiger partial charge in [0.05, 0.1) is 24.0 Å². The van der Waals surface area contributed by atoms with E-state index in [1.165, 1.54) is 0 Å². The van der Waals surface area contributed by atoms with Crippen molar-refractivity contribution in [1.82, 2.24) is 25.6 Å². The normalized spacial score (nSPS) is 9.53. The Labute approximate surface area is 85.2 Å². The molecule has 0 saturated heterocycles. The molecule has 0 fully saturated rings. The predicted octanol–water partition coefficient (Wildman–Crippen LogP) is 0.0785. The zero-order valence-corrected chi connectivity index (χ0v) is 7.68. The van der Waals surface area contributed by atoms with Crippen molar-refractivity contribution in [3.63, 3.8) is 0 Å². The third-order valence-electron chi connectivity index (χ3n) is 1.77. The smallest absolute Gasteiger partial charge is 0.193 e. The molecule has 0 radical (unpaired) electrons. The lowest BCUT2D eigenvalue weighted by Gasteiger charge is -2.03. The molecule has 0 spiro atoms. The summed E-state index contributed by atoms with van der Waals surface area (Å²) < 4.78 is 0. The third kappa shape index (κ3) is 2.05. The molecule has 7 heteroatoms. The fourth-order valence-corrected chi connectivity index (χ4v) is 1.06. The Morgan fingerprint density at radius 2 is 2.47 bits per heavy atom. The maximum absolute atomic E-state index is 8.81. The average Bonchev–Trinajstić information content (AvgIpc) is 2.79. The quantitative estimate of drug-likeness (QED) is 0.728. The molecule has 0 saturated carbocycles. The molecule has 0 atom stereocenters. The molecule has 2 heterocycles. The van der Waals surface area contributed by atoms with Crippen molar-refractivity contribution >= 4 is 5.69 Å². The second-order valence-corrected chi connectivity index (χ2v) is 2.71. The first-order chi connectivity index (χ1) is 7.40. The van der Waals surface area contributed by atoms with E-state index in [1.807, 2.05) is 0 Å². The number of hydrogen-bond donors (Lipinski definition) is 2. The molecule has 2 aromatic rings. The highest BCUT2D eigenvalue weighted by Crippen LogP contribution is 2.11. The van der Waals surface area contributed by atoms with Crippen molar-refractivity contribution in [2.75, 3.05) is 5.32 Å². The molecule has 7 nitrogen and oxygen atoms in total. The maximum atomic E-state index is 8.81. The van der Waals surface area contributed by atoms with Crippen LogP contribution in [0.25, 0.3) is 0 Å². The molecule has 2 N–H and O–H groups in total. The van der Waals surface area contributed by atoms with Gasteiger partial charge in [-0.2, -0.15) is 10.5 Å². The standard InChI is InChI=1S/C8H7N7/c9-3-6-1-2-10-4-7(6)11-5-8-12-14-15-13-8/h1-2,4,11H,5H2,(H,12,13,14,15). The number of nitrogens with one attached hydrogen (secondary N) is 2. The molecule has 0 amide bonds. The second kappa shape index (κ2) is 4.15. The second-order valence-electron chi connectivity index (χ2n) is 2.71. The minimum absolute atomic E-state index is 0.400. The van der Waals surface area contributed by atoms with Gasteiger partial charge >= 0.3 is 0 Å². The first kappa shape index (κ1) is 9.08. The average molecular weight is 201 g/mol. The summed E-state index contributed by atoms with van der Waals surface area (Å²) in [5, 5.41) is 25.1. The Morgan fingerprint density at radius 3 is 3.20 bits per heavy atom. The van der Waals surface area contributed by atoms with E-state index in [4.69, 9.17) is 5.26 Å². The van der Waals surface area contributed by atoms with Crippen LogP contribution in [0.1, 0.15) is 11.4 Å². The molecule has 0 aromatic carbocycles. The number of tetrazole rings is 1. The van der Waals surface area contributed by atoms with E-state index in [2.05, 4.69) is 37.0 Å². The van der Waals surface area contributed by atoms with Gasteiger partial charge in [-0.3, -0.25) is 4.98 Å². The van der Waals surface area contributed by atoms with E-state index in [0.29, 0.717) is 23.6 Å². The maximum Gasteiger partial charge on any atom is 0.193 e. The summed E-state index contributed by atoms with van der Waals surface area (Å²) in [6.45, 7) is 0.400. The Morgan fingerprint density at radius 1 is 1.53 bits per heavy atom. The summed E-state index contributed by atoms with van der Waals surface area (Å²) in [6.07, 6.45) is 3.15. The third-order valence-corrected chi connectivity index (χ3v) is 1.77. The van der Waals surface area contributed by atoms with Crippen LogP contribution in [0.15, 0.2) is 18.5 Å². The van der Waals surface area contributed by atoms with Gasteiger partial charge in [0.15, 0.2) is 5.82 Å². The SMILES string of the molecule is N#Cc1ccncc1NCc1nn[nH]n1. The van der Waals surface area contributed by atoms with Crippen LogP contribution in [0.5, 0.6) is 0 Å². The highest BCUT2D eigenvalue weighted by atomic mass is 15.5. The number of aromatic amines is 1. The van der Waals surface area contributed by atoms with Gasteiger partial charge in [-0.1, -0.05) is 5.21 Å². The van der Waals surface area contributed by atoms with Crippen LogP contribution in [-0.4, -0.2) is 25.6 Å². The van der Waals surface area contributed by atoms with Crippen molar-refractivity contribution in [2.45, 2.75) is 6.54 Å². The lowest BCUT2D eigenvalue weighted by Crippen LogP contribution is -2.03. The minimum atomic E-state index is 0.400. The number of rotatable bonds is 3. The van der Waals surface area contributed by atoms with Crippen LogP contribution in [-0.2, 0) is 6.54 Å². The van der Waals surface area contributed by atoms with Gasteiger partial charge in [-0.25, -0.2) is 0 Å². The van der Waals surface area contributed by atoms with E-state index in [-0.39, 0.29) is 0 Å². The topological polar surface area (TPSA) is 103 Å². The van der Waals surface area contributed by atoms with E-state index < -0.39 is 0 Å². The van der Waals surface area contributed by atoms with Gasteiger partial charge in [-0.05, 0) is 6.07 Å². The number of hydrogen-bond acceptors (Lipinski definition) is 6. The fourth-order valence-electron chi connectivity index (χ4n) is 1.06. The van der Waals surface area contributed by atoms with Crippen LogP contribution in [0, 0.1) is 11.3 Å². The number of aromatic nitrogens is 5. The van der Waals surface area contributed by atoms with Gasteiger partial charge in [0.25, 0.3) is 0 Å². The van der Waals surface area contributed by atoms with Gasteiger partial charge in [-0.15, -0.1) is 10.2 Å². The molecule has 2 rings (SSSR count). The van der Waals surface area contributed by atoms with Crippen molar-refractivity contribution in [1.29, 1.82) is 5.26 Å². The van der Waals surface area contributed by atoms with Gasteiger partial charge in [0.1, 0.15) is 6.07 Å². The Hall–Kier alpha value is -2.49. The van der Waals surface area contributed by atoms with Gasteiger partial charge in [0, 0.05) is 6.20 Å². The lowest BCUT2D eigenvalue weighted by molar-refractivity contribution is 0.881. The number of nitriles is 1. The monoisotopic (exact) mass is 201 g/mol. The molecule has 0 aliphatic heterocycles. The van der Waals surface area contributed by atoms with E-state index >= 15 is 0 Å². The predicted molar refractivity (Wildman–Crippen MR) is 50.5 cm³/mol. The molecule has 0 bridgehead atoms. The van der Waals surface area contributed by atoms with Crippen LogP contribution in [0.2, 0.25) is 0 Å². The zero-order valence-electron chi connectivity index (χ0n) is 7.68. The van der Waals surface area contributed by atoms with E-state index in [1.54, 1.807) is 18.5 Å². The van der Waals surface area contributed by atoms with Crippen molar-refractivity contribution in [3.8, 4) is 6.07 Å². The van der Waals surface area contributed by atoms with Crippen LogP contribution >= 0.6 is 0 Å². The Bertz CT molecular complexity index is 470. The zero-order chi connectivity index (χ0) is 10.5. The Balaban J connectivity index is 2.08. The summed E-state index contributed by atoms with van der Waals surface area (Å²) in [7, 11) is 0. The lowest BCUT2D eigenvalue weighted by atomic mass is 10.2. The van der Waals surface area contributed by atoms with E-state index in [9.17, 15) is 0 Å². The first-order valence-electron chi connectivity index (χ1n) is 4.20. The van der Waals surface area contributed by atoms with Crippen molar-refractivity contribution in [3.05, 3.63) is 29.8 Å². The Kier molecular flexibility index (Phi) is 2.51. The van der Waals surface area contributed by atoms with Crippen molar-refractivity contribution in [2.24, 2.45) is 0 Å². The molecule has 0 aliphatic carbocycles. The summed E-state index contributed by atoms with van der Waals surface area (Å²) in [4.78, 5) is 3.92. The molecular weight excluding hydrogens is 194 g/mol. The van der Waals surface area contributed by atoms with E-state index in [0.717, 1.165) is 0 Å². The molecule has 74 valence electrons. The fraction of sp³-hybridized carbons (Fsp3) is 0.125. The molecule has 15 heavy (non-hydrogen) atoms. The van der Waals surface area contributed by atoms with Crippen LogP contribution in [0.4, 0.5) is 5.69 Å². The van der Waals surface area contributed by atoms with Gasteiger partial charge < -0.3 is 5.32 Å². The number of nitrogens with zero attached hydrogens (tertiary/aromatic N) is 5. The highest BCUT2D eigenvalue weighted by Gasteiger charge is 2.02. The summed E-state index contributed by atoms with van der Waals surface area (Å²) in [5.74, 6) is 0.530.